The fraction of sp³-hybridized carbons (Fsp3) is 0.143. The quantitative estimate of drug-likeness (QED) is 0.640. The summed E-state index contributed by atoms with van der Waals surface area (Å²) >= 11 is 0. The van der Waals surface area contributed by atoms with E-state index in [0.29, 0.717) is 0 Å². The van der Waals surface area contributed by atoms with E-state index in [9.17, 15) is 0 Å². The topological polar surface area (TPSA) is 67.6 Å². The molecule has 2 aromatic heterocycles. The second-order valence-electron chi connectivity index (χ2n) is 4.48. The molecule has 0 saturated heterocycles. The summed E-state index contributed by atoms with van der Waals surface area (Å²) in [6, 6.07) is 9.78. The molecule has 90 valence electrons. The number of nitrogens with two attached hydrogens (primary N) is 1. The number of imidazole rings is 1. The summed E-state index contributed by atoms with van der Waals surface area (Å²) in [5.41, 5.74) is 11.4. The second kappa shape index (κ2) is 3.84. The zero-order chi connectivity index (χ0) is 12.7. The predicted molar refractivity (Wildman–Crippen MR) is 73.2 cm³/mol. The number of aromatic amines is 1. The van der Waals surface area contributed by atoms with Gasteiger partial charge in [0.05, 0.1) is 5.52 Å². The van der Waals surface area contributed by atoms with Crippen LogP contribution >= 0.6 is 0 Å². The number of fused-ring (bicyclic) bond motifs is 1. The van der Waals surface area contributed by atoms with Crippen molar-refractivity contribution in [1.82, 2.24) is 15.0 Å². The van der Waals surface area contributed by atoms with Gasteiger partial charge in [0.15, 0.2) is 5.65 Å². The number of hydrogen-bond acceptors (Lipinski definition) is 3. The highest BCUT2D eigenvalue weighted by Gasteiger charge is 2.09. The van der Waals surface area contributed by atoms with Crippen molar-refractivity contribution in [3.63, 3.8) is 0 Å². The van der Waals surface area contributed by atoms with Crippen LogP contribution in [0.1, 0.15) is 11.3 Å². The van der Waals surface area contributed by atoms with Gasteiger partial charge in [0, 0.05) is 16.9 Å². The summed E-state index contributed by atoms with van der Waals surface area (Å²) in [4.78, 5) is 12.2. The summed E-state index contributed by atoms with van der Waals surface area (Å²) in [6.07, 6.45) is 0. The molecule has 3 rings (SSSR count). The summed E-state index contributed by atoms with van der Waals surface area (Å²) in [7, 11) is 0. The summed E-state index contributed by atoms with van der Waals surface area (Å²) in [5, 5.41) is 0. The second-order valence-corrected chi connectivity index (χ2v) is 4.48. The number of anilines is 1. The van der Waals surface area contributed by atoms with E-state index >= 15 is 0 Å². The van der Waals surface area contributed by atoms with Crippen molar-refractivity contribution in [1.29, 1.82) is 0 Å². The highest BCUT2D eigenvalue weighted by Crippen LogP contribution is 2.24. The van der Waals surface area contributed by atoms with Crippen molar-refractivity contribution < 1.29 is 0 Å². The van der Waals surface area contributed by atoms with E-state index in [1.165, 1.54) is 0 Å². The molecule has 0 saturated carbocycles. The first-order chi connectivity index (χ1) is 8.63. The van der Waals surface area contributed by atoms with Gasteiger partial charge in [-0.05, 0) is 43.7 Å². The SMILES string of the molecule is Cc1ccc2[nH]c(-c3cc(N)ccc3C)nc2n1. The number of nitrogen functional groups attached to an aromatic ring is 1. The van der Waals surface area contributed by atoms with E-state index in [1.807, 2.05) is 44.2 Å². The molecule has 18 heavy (non-hydrogen) atoms. The van der Waals surface area contributed by atoms with Crippen LogP contribution in [0, 0.1) is 13.8 Å². The first-order valence-electron chi connectivity index (χ1n) is 5.83. The first-order valence-corrected chi connectivity index (χ1v) is 5.83. The van der Waals surface area contributed by atoms with E-state index in [2.05, 4.69) is 15.0 Å². The molecule has 0 atom stereocenters. The number of aromatic nitrogens is 3. The molecule has 0 amide bonds. The largest absolute Gasteiger partial charge is 0.399 e. The standard InChI is InChI=1S/C14H14N4/c1-8-3-5-10(15)7-11(8)13-17-12-6-4-9(2)16-14(12)18-13/h3-7H,15H2,1-2H3,(H,16,17,18). The van der Waals surface area contributed by atoms with Crippen molar-refractivity contribution >= 4 is 16.9 Å². The van der Waals surface area contributed by atoms with Gasteiger partial charge in [0.2, 0.25) is 0 Å². The molecule has 0 aliphatic rings. The van der Waals surface area contributed by atoms with Crippen LogP contribution in [0.5, 0.6) is 0 Å². The van der Waals surface area contributed by atoms with E-state index in [1.54, 1.807) is 0 Å². The van der Waals surface area contributed by atoms with Gasteiger partial charge in [-0.25, -0.2) is 9.97 Å². The maximum atomic E-state index is 5.83. The lowest BCUT2D eigenvalue weighted by Gasteiger charge is -2.03. The first kappa shape index (κ1) is 10.8. The van der Waals surface area contributed by atoms with Crippen LogP contribution in [0.2, 0.25) is 0 Å². The van der Waals surface area contributed by atoms with Crippen LogP contribution in [0.3, 0.4) is 0 Å². The van der Waals surface area contributed by atoms with Crippen LogP contribution in [-0.4, -0.2) is 15.0 Å². The monoisotopic (exact) mass is 238 g/mol. The Morgan fingerprint density at radius 3 is 2.72 bits per heavy atom. The van der Waals surface area contributed by atoms with Gasteiger partial charge in [-0.3, -0.25) is 0 Å². The highest BCUT2D eigenvalue weighted by molar-refractivity contribution is 5.77. The molecule has 0 bridgehead atoms. The maximum Gasteiger partial charge on any atom is 0.178 e. The zero-order valence-electron chi connectivity index (χ0n) is 10.4. The van der Waals surface area contributed by atoms with Crippen molar-refractivity contribution in [2.24, 2.45) is 0 Å². The van der Waals surface area contributed by atoms with Crippen LogP contribution in [0.25, 0.3) is 22.6 Å². The van der Waals surface area contributed by atoms with Crippen molar-refractivity contribution in [2.75, 3.05) is 5.73 Å². The molecule has 4 nitrogen and oxygen atoms in total. The van der Waals surface area contributed by atoms with E-state index in [-0.39, 0.29) is 0 Å². The van der Waals surface area contributed by atoms with Gasteiger partial charge in [0.1, 0.15) is 5.82 Å². The number of hydrogen-bond donors (Lipinski definition) is 2. The third kappa shape index (κ3) is 1.72. The molecule has 0 spiro atoms. The predicted octanol–water partition coefficient (Wildman–Crippen LogP) is 2.82. The van der Waals surface area contributed by atoms with E-state index in [0.717, 1.165) is 39.5 Å². The van der Waals surface area contributed by atoms with E-state index in [4.69, 9.17) is 5.73 Å². The fourth-order valence-corrected chi connectivity index (χ4v) is 2.01. The Morgan fingerprint density at radius 2 is 1.89 bits per heavy atom. The molecule has 3 N–H and O–H groups in total. The number of H-pyrrole nitrogens is 1. The lowest BCUT2D eigenvalue weighted by molar-refractivity contribution is 1.22. The Labute approximate surface area is 105 Å². The van der Waals surface area contributed by atoms with Crippen molar-refractivity contribution in [2.45, 2.75) is 13.8 Å². The lowest BCUT2D eigenvalue weighted by atomic mass is 10.1. The van der Waals surface area contributed by atoms with Gasteiger partial charge in [-0.1, -0.05) is 6.07 Å². The average molecular weight is 238 g/mol. The third-order valence-corrected chi connectivity index (χ3v) is 3.00. The van der Waals surface area contributed by atoms with Crippen LogP contribution in [0.15, 0.2) is 30.3 Å². The molecule has 0 radical (unpaired) electrons. The fourth-order valence-electron chi connectivity index (χ4n) is 2.01. The molecule has 0 unspecified atom stereocenters. The molecule has 0 aliphatic carbocycles. The number of nitrogens with zero attached hydrogens (tertiary/aromatic N) is 2. The van der Waals surface area contributed by atoms with Crippen molar-refractivity contribution in [3.05, 3.63) is 41.6 Å². The Bertz CT molecular complexity index is 728. The third-order valence-electron chi connectivity index (χ3n) is 3.00. The van der Waals surface area contributed by atoms with E-state index < -0.39 is 0 Å². The lowest BCUT2D eigenvalue weighted by Crippen LogP contribution is -1.90. The molecule has 4 heteroatoms. The van der Waals surface area contributed by atoms with Gasteiger partial charge in [-0.15, -0.1) is 0 Å². The molecular formula is C14H14N4. The number of benzene rings is 1. The summed E-state index contributed by atoms with van der Waals surface area (Å²) in [6.45, 7) is 4.00. The minimum absolute atomic E-state index is 0.736. The Balaban J connectivity index is 2.22. The molecule has 0 fully saturated rings. The molecular weight excluding hydrogens is 224 g/mol. The number of aryl methyl sites for hydroxylation is 2. The van der Waals surface area contributed by atoms with Gasteiger partial charge >= 0.3 is 0 Å². The highest BCUT2D eigenvalue weighted by atomic mass is 15.0. The number of pyridine rings is 1. The Kier molecular flexibility index (Phi) is 2.30. The number of rotatable bonds is 1. The van der Waals surface area contributed by atoms with Crippen LogP contribution in [0.4, 0.5) is 5.69 Å². The van der Waals surface area contributed by atoms with Gasteiger partial charge in [0.25, 0.3) is 0 Å². The van der Waals surface area contributed by atoms with Crippen LogP contribution in [-0.2, 0) is 0 Å². The minimum atomic E-state index is 0.736. The number of nitrogens with one attached hydrogen (secondary N) is 1. The summed E-state index contributed by atoms with van der Waals surface area (Å²) < 4.78 is 0. The molecule has 0 aliphatic heterocycles. The minimum Gasteiger partial charge on any atom is -0.399 e. The summed E-state index contributed by atoms with van der Waals surface area (Å²) in [5.74, 6) is 0.813. The maximum absolute atomic E-state index is 5.83. The van der Waals surface area contributed by atoms with Crippen LogP contribution < -0.4 is 5.73 Å². The molecule has 2 heterocycles. The normalized spacial score (nSPS) is 11.0. The molecule has 3 aromatic rings. The zero-order valence-corrected chi connectivity index (χ0v) is 10.4. The van der Waals surface area contributed by atoms with Gasteiger partial charge in [-0.2, -0.15) is 0 Å². The average Bonchev–Trinajstić information content (AvgIpc) is 2.74. The smallest absolute Gasteiger partial charge is 0.178 e. The Hall–Kier alpha value is -2.36. The Morgan fingerprint density at radius 1 is 1.06 bits per heavy atom. The molecule has 1 aromatic carbocycles. The van der Waals surface area contributed by atoms with Crippen molar-refractivity contribution in [3.8, 4) is 11.4 Å². The van der Waals surface area contributed by atoms with Gasteiger partial charge < -0.3 is 10.7 Å².